The predicted molar refractivity (Wildman–Crippen MR) is 33.2 cm³/mol. The van der Waals surface area contributed by atoms with Gasteiger partial charge in [0.15, 0.2) is 6.29 Å². The van der Waals surface area contributed by atoms with E-state index in [1.165, 1.54) is 0 Å². The molecule has 0 amide bonds. The van der Waals surface area contributed by atoms with Gasteiger partial charge in [-0.15, -0.1) is 0 Å². The second-order valence-electron chi connectivity index (χ2n) is 2.63. The van der Waals surface area contributed by atoms with Crippen LogP contribution in [0.25, 0.3) is 0 Å². The van der Waals surface area contributed by atoms with Crippen LogP contribution in [0.3, 0.4) is 0 Å². The zero-order chi connectivity index (χ0) is 7.72. The fourth-order valence-corrected chi connectivity index (χ4v) is 1.04. The van der Waals surface area contributed by atoms with E-state index in [1.807, 2.05) is 0 Å². The molecule has 1 heterocycles. The molecule has 4 atom stereocenters. The van der Waals surface area contributed by atoms with Crippen LogP contribution in [0.4, 0.5) is 0 Å². The Labute approximate surface area is 59.1 Å². The molecule has 0 saturated carbocycles. The maximum atomic E-state index is 9.03. The van der Waals surface area contributed by atoms with E-state index in [-0.39, 0.29) is 6.10 Å². The van der Waals surface area contributed by atoms with Gasteiger partial charge in [-0.2, -0.15) is 0 Å². The van der Waals surface area contributed by atoms with Crippen LogP contribution < -0.4 is 0 Å². The number of aliphatic hydroxyl groups excluding tert-OH is 3. The maximum absolute atomic E-state index is 9.03. The largest absolute Gasteiger partial charge is 0.390 e. The van der Waals surface area contributed by atoms with Crippen LogP contribution in [0.15, 0.2) is 0 Å². The molecule has 1 aliphatic heterocycles. The zero-order valence-electron chi connectivity index (χ0n) is 5.77. The van der Waals surface area contributed by atoms with Crippen LogP contribution in [-0.2, 0) is 4.74 Å². The van der Waals surface area contributed by atoms with E-state index in [4.69, 9.17) is 20.1 Å². The van der Waals surface area contributed by atoms with Crippen molar-refractivity contribution in [3.05, 3.63) is 0 Å². The SMILES string of the molecule is CC1CC(O)C(O)C(O)O1. The molecule has 1 fully saturated rings. The van der Waals surface area contributed by atoms with Crippen molar-refractivity contribution < 1.29 is 20.1 Å². The van der Waals surface area contributed by atoms with E-state index < -0.39 is 18.5 Å². The van der Waals surface area contributed by atoms with Gasteiger partial charge in [0.2, 0.25) is 0 Å². The fraction of sp³-hybridized carbons (Fsp3) is 1.00. The van der Waals surface area contributed by atoms with Gasteiger partial charge in [-0.3, -0.25) is 0 Å². The number of hydrogen-bond donors (Lipinski definition) is 3. The molecule has 1 saturated heterocycles. The van der Waals surface area contributed by atoms with Crippen LogP contribution in [0, 0.1) is 0 Å². The third kappa shape index (κ3) is 1.46. The first-order valence-corrected chi connectivity index (χ1v) is 3.31. The third-order valence-corrected chi connectivity index (χ3v) is 1.63. The van der Waals surface area contributed by atoms with E-state index in [2.05, 4.69) is 0 Å². The Balaban J connectivity index is 2.49. The van der Waals surface area contributed by atoms with Crippen molar-refractivity contribution in [1.29, 1.82) is 0 Å². The molecular weight excluding hydrogens is 136 g/mol. The van der Waals surface area contributed by atoms with E-state index in [0.29, 0.717) is 6.42 Å². The van der Waals surface area contributed by atoms with E-state index in [1.54, 1.807) is 6.92 Å². The average Bonchev–Trinajstić information content (AvgIpc) is 1.82. The lowest BCUT2D eigenvalue weighted by Gasteiger charge is -2.32. The van der Waals surface area contributed by atoms with Gasteiger partial charge in [-0.1, -0.05) is 0 Å². The van der Waals surface area contributed by atoms with Crippen molar-refractivity contribution in [2.24, 2.45) is 0 Å². The molecule has 0 bridgehead atoms. The summed E-state index contributed by atoms with van der Waals surface area (Å²) in [6.07, 6.45) is -3.07. The third-order valence-electron chi connectivity index (χ3n) is 1.63. The Morgan fingerprint density at radius 2 is 1.90 bits per heavy atom. The van der Waals surface area contributed by atoms with Crippen molar-refractivity contribution in [3.63, 3.8) is 0 Å². The minimum atomic E-state index is -1.24. The minimum absolute atomic E-state index is 0.187. The fourth-order valence-electron chi connectivity index (χ4n) is 1.04. The smallest absolute Gasteiger partial charge is 0.183 e. The van der Waals surface area contributed by atoms with Gasteiger partial charge in [0, 0.05) is 6.42 Å². The average molecular weight is 148 g/mol. The summed E-state index contributed by atoms with van der Waals surface area (Å²) in [5, 5.41) is 26.9. The van der Waals surface area contributed by atoms with E-state index in [9.17, 15) is 0 Å². The van der Waals surface area contributed by atoms with Gasteiger partial charge >= 0.3 is 0 Å². The van der Waals surface area contributed by atoms with Gasteiger partial charge in [-0.25, -0.2) is 0 Å². The summed E-state index contributed by atoms with van der Waals surface area (Å²) in [4.78, 5) is 0. The van der Waals surface area contributed by atoms with Crippen LogP contribution in [0.1, 0.15) is 13.3 Å². The molecule has 4 nitrogen and oxygen atoms in total. The lowest BCUT2D eigenvalue weighted by atomic mass is 10.0. The molecule has 1 aliphatic rings. The normalized spacial score (nSPS) is 49.2. The molecule has 1 rings (SSSR count). The summed E-state index contributed by atoms with van der Waals surface area (Å²) in [5.41, 5.74) is 0. The first-order chi connectivity index (χ1) is 4.61. The molecule has 4 unspecified atom stereocenters. The number of hydrogen-bond acceptors (Lipinski definition) is 4. The van der Waals surface area contributed by atoms with Crippen molar-refractivity contribution in [3.8, 4) is 0 Å². The molecule has 0 spiro atoms. The molecule has 4 heteroatoms. The Hall–Kier alpha value is -0.160. The molecule has 0 aromatic heterocycles. The molecule has 0 aromatic rings. The van der Waals surface area contributed by atoms with Crippen LogP contribution in [0.5, 0.6) is 0 Å². The molecule has 3 N–H and O–H groups in total. The first-order valence-electron chi connectivity index (χ1n) is 3.31. The van der Waals surface area contributed by atoms with Gasteiger partial charge in [0.25, 0.3) is 0 Å². The Morgan fingerprint density at radius 1 is 1.30 bits per heavy atom. The Bertz CT molecular complexity index is 104. The summed E-state index contributed by atoms with van der Waals surface area (Å²) < 4.78 is 4.81. The Morgan fingerprint density at radius 3 is 2.40 bits per heavy atom. The van der Waals surface area contributed by atoms with Gasteiger partial charge < -0.3 is 20.1 Å². The highest BCUT2D eigenvalue weighted by Gasteiger charge is 2.33. The number of rotatable bonds is 0. The van der Waals surface area contributed by atoms with Crippen LogP contribution in [0.2, 0.25) is 0 Å². The highest BCUT2D eigenvalue weighted by atomic mass is 16.6. The van der Waals surface area contributed by atoms with Crippen LogP contribution >= 0.6 is 0 Å². The molecule has 0 aliphatic carbocycles. The van der Waals surface area contributed by atoms with Crippen molar-refractivity contribution in [2.45, 2.75) is 37.9 Å². The molecule has 10 heavy (non-hydrogen) atoms. The van der Waals surface area contributed by atoms with Crippen molar-refractivity contribution in [2.75, 3.05) is 0 Å². The summed E-state index contributed by atoms with van der Waals surface area (Å²) >= 11 is 0. The standard InChI is InChI=1S/C6H12O4/c1-3-2-4(7)5(8)6(9)10-3/h3-9H,2H2,1H3. The maximum Gasteiger partial charge on any atom is 0.183 e. The molecule has 0 radical (unpaired) electrons. The van der Waals surface area contributed by atoms with Gasteiger partial charge in [0.1, 0.15) is 6.10 Å². The quantitative estimate of drug-likeness (QED) is 0.405. The molecular formula is C6H12O4. The summed E-state index contributed by atoms with van der Waals surface area (Å²) in [5.74, 6) is 0. The monoisotopic (exact) mass is 148 g/mol. The summed E-state index contributed by atoms with van der Waals surface area (Å²) in [6.45, 7) is 1.73. The van der Waals surface area contributed by atoms with Gasteiger partial charge in [0.05, 0.1) is 12.2 Å². The minimum Gasteiger partial charge on any atom is -0.390 e. The number of aliphatic hydroxyl groups is 3. The first kappa shape index (κ1) is 7.94. The second-order valence-corrected chi connectivity index (χ2v) is 2.63. The lowest BCUT2D eigenvalue weighted by molar-refractivity contribution is -0.242. The highest BCUT2D eigenvalue weighted by Crippen LogP contribution is 2.17. The topological polar surface area (TPSA) is 69.9 Å². The second kappa shape index (κ2) is 2.84. The predicted octanol–water partition coefficient (Wildman–Crippen LogP) is -1.16. The van der Waals surface area contributed by atoms with Crippen molar-refractivity contribution >= 4 is 0 Å². The van der Waals surface area contributed by atoms with Gasteiger partial charge in [-0.05, 0) is 6.92 Å². The van der Waals surface area contributed by atoms with E-state index in [0.717, 1.165) is 0 Å². The lowest BCUT2D eigenvalue weighted by Crippen LogP contribution is -2.47. The molecule has 0 aromatic carbocycles. The zero-order valence-corrected chi connectivity index (χ0v) is 5.77. The van der Waals surface area contributed by atoms with Crippen LogP contribution in [-0.4, -0.2) is 39.9 Å². The van der Waals surface area contributed by atoms with Crippen molar-refractivity contribution in [1.82, 2.24) is 0 Å². The Kier molecular flexibility index (Phi) is 2.25. The highest BCUT2D eigenvalue weighted by molar-refractivity contribution is 4.77. The summed E-state index contributed by atoms with van der Waals surface area (Å²) in [7, 11) is 0. The van der Waals surface area contributed by atoms with E-state index >= 15 is 0 Å². The number of ether oxygens (including phenoxy) is 1. The summed E-state index contributed by atoms with van der Waals surface area (Å²) in [6, 6.07) is 0. The molecule has 60 valence electrons.